The average Bonchev–Trinajstić information content (AvgIpc) is 2.25. The van der Waals surface area contributed by atoms with Crippen LogP contribution in [-0.4, -0.2) is 27.6 Å². The molecule has 0 amide bonds. The number of nitrogens with one attached hydrogen (secondary N) is 1. The molecule has 1 aliphatic rings. The molecule has 16 heavy (non-hydrogen) atoms. The highest BCUT2D eigenvalue weighted by Crippen LogP contribution is 2.25. The van der Waals surface area contributed by atoms with Gasteiger partial charge in [-0.15, -0.1) is 0 Å². The zero-order valence-corrected chi connectivity index (χ0v) is 9.29. The van der Waals surface area contributed by atoms with Crippen LogP contribution < -0.4 is 5.32 Å². The minimum absolute atomic E-state index is 0.0944. The molecule has 1 aliphatic carbocycles. The fourth-order valence-corrected chi connectivity index (χ4v) is 2.02. The summed E-state index contributed by atoms with van der Waals surface area (Å²) in [5.74, 6) is 0.527. The van der Waals surface area contributed by atoms with Gasteiger partial charge < -0.3 is 10.4 Å². The van der Waals surface area contributed by atoms with E-state index >= 15 is 0 Å². The van der Waals surface area contributed by atoms with E-state index in [-0.39, 0.29) is 6.54 Å². The summed E-state index contributed by atoms with van der Waals surface area (Å²) < 4.78 is 0. The summed E-state index contributed by atoms with van der Waals surface area (Å²) in [4.78, 5) is 19.2. The monoisotopic (exact) mass is 221 g/mol. The first-order valence-electron chi connectivity index (χ1n) is 5.49. The lowest BCUT2D eigenvalue weighted by Crippen LogP contribution is -2.18. The van der Waals surface area contributed by atoms with Crippen molar-refractivity contribution < 1.29 is 9.90 Å². The van der Waals surface area contributed by atoms with Crippen LogP contribution in [0.2, 0.25) is 0 Å². The van der Waals surface area contributed by atoms with Crippen molar-refractivity contribution >= 4 is 11.8 Å². The number of hydrogen-bond acceptors (Lipinski definition) is 4. The summed E-state index contributed by atoms with van der Waals surface area (Å²) in [7, 11) is 0. The van der Waals surface area contributed by atoms with Crippen molar-refractivity contribution in [2.24, 2.45) is 0 Å². The topological polar surface area (TPSA) is 75.1 Å². The standard InChI is InChI=1S/C11H15N3O2/c1-7-13-9-5-3-2-4-8(9)11(14-7)12-6-10(15)16/h2-6H2,1H3,(H,15,16)(H,12,13,14). The SMILES string of the molecule is Cc1nc2c(c(NCC(=O)O)n1)CCCC2. The van der Waals surface area contributed by atoms with Crippen molar-refractivity contribution in [1.82, 2.24) is 9.97 Å². The summed E-state index contributed by atoms with van der Waals surface area (Å²) in [6.07, 6.45) is 4.20. The summed E-state index contributed by atoms with van der Waals surface area (Å²) in [5.41, 5.74) is 2.17. The first kappa shape index (κ1) is 10.9. The molecule has 1 aromatic rings. The Morgan fingerprint density at radius 2 is 2.12 bits per heavy atom. The van der Waals surface area contributed by atoms with E-state index in [1.165, 1.54) is 0 Å². The number of nitrogens with zero attached hydrogens (tertiary/aromatic N) is 2. The van der Waals surface area contributed by atoms with Gasteiger partial charge >= 0.3 is 5.97 Å². The van der Waals surface area contributed by atoms with Gasteiger partial charge in [0.1, 0.15) is 18.2 Å². The van der Waals surface area contributed by atoms with Crippen molar-refractivity contribution in [3.8, 4) is 0 Å². The fraction of sp³-hybridized carbons (Fsp3) is 0.545. The maximum Gasteiger partial charge on any atom is 0.322 e. The van der Waals surface area contributed by atoms with Gasteiger partial charge in [-0.1, -0.05) is 0 Å². The molecule has 2 N–H and O–H groups in total. The summed E-state index contributed by atoms with van der Waals surface area (Å²) >= 11 is 0. The summed E-state index contributed by atoms with van der Waals surface area (Å²) in [6.45, 7) is 1.74. The van der Waals surface area contributed by atoms with Gasteiger partial charge in [0.05, 0.1) is 0 Å². The minimum Gasteiger partial charge on any atom is -0.480 e. The molecule has 0 saturated heterocycles. The molecule has 0 bridgehead atoms. The number of aryl methyl sites for hydroxylation is 2. The molecule has 0 saturated carbocycles. The Labute approximate surface area is 93.9 Å². The Morgan fingerprint density at radius 1 is 1.38 bits per heavy atom. The molecule has 0 radical (unpaired) electrons. The number of aromatic nitrogens is 2. The van der Waals surface area contributed by atoms with E-state index in [9.17, 15) is 4.79 Å². The van der Waals surface area contributed by atoms with Crippen LogP contribution in [0.1, 0.15) is 29.9 Å². The number of anilines is 1. The third kappa shape index (κ3) is 2.29. The van der Waals surface area contributed by atoms with E-state index in [4.69, 9.17) is 5.11 Å². The van der Waals surface area contributed by atoms with Crippen LogP contribution in [0, 0.1) is 6.92 Å². The van der Waals surface area contributed by atoms with Crippen LogP contribution >= 0.6 is 0 Å². The molecule has 0 fully saturated rings. The molecule has 0 aliphatic heterocycles. The van der Waals surface area contributed by atoms with Gasteiger partial charge in [-0.3, -0.25) is 4.79 Å². The van der Waals surface area contributed by atoms with Crippen molar-refractivity contribution in [3.05, 3.63) is 17.1 Å². The number of rotatable bonds is 3. The highest BCUT2D eigenvalue weighted by Gasteiger charge is 2.16. The number of aliphatic carboxylic acids is 1. The van der Waals surface area contributed by atoms with Crippen LogP contribution in [0.25, 0.3) is 0 Å². The van der Waals surface area contributed by atoms with Gasteiger partial charge in [0.25, 0.3) is 0 Å². The van der Waals surface area contributed by atoms with E-state index in [2.05, 4.69) is 15.3 Å². The Bertz CT molecular complexity index is 418. The highest BCUT2D eigenvalue weighted by molar-refractivity contribution is 5.72. The number of carboxylic acid groups (broad SMARTS) is 1. The second kappa shape index (κ2) is 4.47. The Kier molecular flexibility index (Phi) is 3.03. The number of carbonyl (C=O) groups is 1. The van der Waals surface area contributed by atoms with Crippen molar-refractivity contribution in [2.45, 2.75) is 32.6 Å². The Morgan fingerprint density at radius 3 is 2.88 bits per heavy atom. The van der Waals surface area contributed by atoms with Crippen LogP contribution in [0.15, 0.2) is 0 Å². The third-order valence-corrected chi connectivity index (χ3v) is 2.70. The van der Waals surface area contributed by atoms with Gasteiger partial charge in [0, 0.05) is 11.3 Å². The zero-order valence-electron chi connectivity index (χ0n) is 9.29. The number of fused-ring (bicyclic) bond motifs is 1. The van der Waals surface area contributed by atoms with E-state index in [0.29, 0.717) is 11.6 Å². The van der Waals surface area contributed by atoms with E-state index in [1.54, 1.807) is 0 Å². The normalized spacial score (nSPS) is 14.3. The third-order valence-electron chi connectivity index (χ3n) is 2.70. The van der Waals surface area contributed by atoms with E-state index in [0.717, 1.165) is 36.9 Å². The molecule has 0 atom stereocenters. The predicted molar refractivity (Wildman–Crippen MR) is 59.5 cm³/mol. The van der Waals surface area contributed by atoms with Gasteiger partial charge in [-0.2, -0.15) is 0 Å². The lowest BCUT2D eigenvalue weighted by molar-refractivity contribution is -0.134. The summed E-state index contributed by atoms with van der Waals surface area (Å²) in [6, 6.07) is 0. The quantitative estimate of drug-likeness (QED) is 0.801. The highest BCUT2D eigenvalue weighted by atomic mass is 16.4. The second-order valence-electron chi connectivity index (χ2n) is 4.00. The molecule has 1 aromatic heterocycles. The molecule has 0 spiro atoms. The molecule has 2 rings (SSSR count). The van der Waals surface area contributed by atoms with Crippen LogP contribution in [0.4, 0.5) is 5.82 Å². The fourth-order valence-electron chi connectivity index (χ4n) is 2.02. The van der Waals surface area contributed by atoms with Gasteiger partial charge in [-0.25, -0.2) is 9.97 Å². The maximum absolute atomic E-state index is 10.5. The molecule has 0 unspecified atom stereocenters. The number of hydrogen-bond donors (Lipinski definition) is 2. The Hall–Kier alpha value is -1.65. The second-order valence-corrected chi connectivity index (χ2v) is 4.00. The lowest BCUT2D eigenvalue weighted by atomic mass is 9.96. The first-order chi connectivity index (χ1) is 7.66. The van der Waals surface area contributed by atoms with Crippen LogP contribution in [-0.2, 0) is 17.6 Å². The van der Waals surface area contributed by atoms with Gasteiger partial charge in [-0.05, 0) is 32.6 Å². The molecule has 0 aromatic carbocycles. The molecule has 1 heterocycles. The predicted octanol–water partition coefficient (Wildman–Crippen LogP) is 1.16. The Balaban J connectivity index is 2.28. The molecule has 5 nitrogen and oxygen atoms in total. The minimum atomic E-state index is -0.874. The van der Waals surface area contributed by atoms with Crippen molar-refractivity contribution in [3.63, 3.8) is 0 Å². The average molecular weight is 221 g/mol. The van der Waals surface area contributed by atoms with Gasteiger partial charge in [0.15, 0.2) is 0 Å². The van der Waals surface area contributed by atoms with Crippen LogP contribution in [0.3, 0.4) is 0 Å². The van der Waals surface area contributed by atoms with Crippen molar-refractivity contribution in [1.29, 1.82) is 0 Å². The smallest absolute Gasteiger partial charge is 0.322 e. The van der Waals surface area contributed by atoms with Crippen molar-refractivity contribution in [2.75, 3.05) is 11.9 Å². The zero-order chi connectivity index (χ0) is 11.5. The molecular weight excluding hydrogens is 206 g/mol. The molecular formula is C11H15N3O2. The maximum atomic E-state index is 10.5. The molecule has 5 heteroatoms. The number of carboxylic acids is 1. The van der Waals surface area contributed by atoms with Crippen LogP contribution in [0.5, 0.6) is 0 Å². The van der Waals surface area contributed by atoms with E-state index in [1.807, 2.05) is 6.92 Å². The van der Waals surface area contributed by atoms with E-state index < -0.39 is 5.97 Å². The first-order valence-corrected chi connectivity index (χ1v) is 5.49. The summed E-state index contributed by atoms with van der Waals surface area (Å²) in [5, 5.41) is 11.5. The largest absolute Gasteiger partial charge is 0.480 e. The van der Waals surface area contributed by atoms with Gasteiger partial charge in [0.2, 0.25) is 0 Å². The molecule has 86 valence electrons. The lowest BCUT2D eigenvalue weighted by Gasteiger charge is -2.18.